The Hall–Kier alpha value is -3.74. The van der Waals surface area contributed by atoms with Crippen LogP contribution >= 0.6 is 0 Å². The Morgan fingerprint density at radius 3 is 2.67 bits per heavy atom. The number of ether oxygens (including phenoxy) is 2. The first kappa shape index (κ1) is 24.3. The van der Waals surface area contributed by atoms with Gasteiger partial charge in [-0.15, -0.1) is 0 Å². The lowest BCUT2D eigenvalue weighted by molar-refractivity contribution is -0.0970. The van der Waals surface area contributed by atoms with Crippen LogP contribution in [0.2, 0.25) is 0 Å². The zero-order valence-electron chi connectivity index (χ0n) is 22.5. The lowest BCUT2D eigenvalue weighted by atomic mass is 9.60. The molecular weight excluding hydrogens is 490 g/mol. The molecule has 0 N–H and O–H groups in total. The largest absolute Gasteiger partial charge is 0.482 e. The molecule has 0 unspecified atom stereocenters. The van der Waals surface area contributed by atoms with E-state index in [1.54, 1.807) is 16.9 Å². The van der Waals surface area contributed by atoms with Crippen molar-refractivity contribution in [1.82, 2.24) is 29.3 Å². The molecule has 9 nitrogen and oxygen atoms in total. The highest BCUT2D eigenvalue weighted by Gasteiger charge is 2.48. The maximum Gasteiger partial charge on any atom is 0.148 e. The standard InChI is InChI=1S/C30H33N7O2/c1-20-26(17-36(34-20)24-12-30(13-24)6-9-35(10-7-30)25-18-38-19-25)22-11-28(29-23(14-31)15-33-37(29)16-22)39-21(2)27-5-3-4-8-32-27/h3-5,8,11,15-17,21,24-25H,6-7,9-10,12-13,18-19H2,1-2H3/t21-/m1/s1. The summed E-state index contributed by atoms with van der Waals surface area (Å²) in [7, 11) is 0. The summed E-state index contributed by atoms with van der Waals surface area (Å²) in [6, 6.07) is 11.1. The van der Waals surface area contributed by atoms with Crippen molar-refractivity contribution in [2.75, 3.05) is 26.3 Å². The Bertz CT molecular complexity index is 1530. The third-order valence-corrected chi connectivity index (χ3v) is 9.04. The van der Waals surface area contributed by atoms with Gasteiger partial charge in [0.05, 0.1) is 42.9 Å². The van der Waals surface area contributed by atoms with Crippen LogP contribution in [0.5, 0.6) is 5.75 Å². The van der Waals surface area contributed by atoms with E-state index in [2.05, 4.69) is 38.9 Å². The number of piperidine rings is 1. The lowest BCUT2D eigenvalue weighted by Gasteiger charge is -2.54. The third-order valence-electron chi connectivity index (χ3n) is 9.04. The molecule has 2 aliphatic heterocycles. The SMILES string of the molecule is Cc1nn(C2CC3(CCN(C4COC4)CC3)C2)cc1-c1cc(O[C@H](C)c2ccccn2)c2c(C#N)cnn2c1. The summed E-state index contributed by atoms with van der Waals surface area (Å²) in [4.78, 5) is 7.06. The van der Waals surface area contributed by atoms with Crippen molar-refractivity contribution in [3.8, 4) is 22.9 Å². The quantitative estimate of drug-likeness (QED) is 0.361. The van der Waals surface area contributed by atoms with Gasteiger partial charge in [0.25, 0.3) is 0 Å². The minimum atomic E-state index is -0.287. The van der Waals surface area contributed by atoms with Crippen LogP contribution in [0.1, 0.15) is 61.7 Å². The molecule has 2 saturated heterocycles. The Morgan fingerprint density at radius 2 is 1.97 bits per heavy atom. The van der Waals surface area contributed by atoms with Gasteiger partial charge in [-0.25, -0.2) is 4.52 Å². The zero-order chi connectivity index (χ0) is 26.6. The molecule has 200 valence electrons. The predicted octanol–water partition coefficient (Wildman–Crippen LogP) is 4.73. The normalized spacial score (nSPS) is 20.4. The number of hydrogen-bond acceptors (Lipinski definition) is 7. The molecule has 1 aliphatic carbocycles. The van der Waals surface area contributed by atoms with E-state index < -0.39 is 0 Å². The molecule has 4 aromatic rings. The summed E-state index contributed by atoms with van der Waals surface area (Å²) in [6.45, 7) is 8.22. The number of likely N-dealkylation sites (tertiary alicyclic amines) is 1. The molecule has 4 aromatic heterocycles. The van der Waals surface area contributed by atoms with Gasteiger partial charge >= 0.3 is 0 Å². The number of aromatic nitrogens is 5. The predicted molar refractivity (Wildman–Crippen MR) is 145 cm³/mol. The second-order valence-corrected chi connectivity index (χ2v) is 11.5. The smallest absolute Gasteiger partial charge is 0.148 e. The Morgan fingerprint density at radius 1 is 1.15 bits per heavy atom. The minimum Gasteiger partial charge on any atom is -0.482 e. The molecule has 3 fully saturated rings. The van der Waals surface area contributed by atoms with Crippen LogP contribution in [0.25, 0.3) is 16.6 Å². The fraction of sp³-hybridized carbons (Fsp3) is 0.467. The van der Waals surface area contributed by atoms with Crippen LogP contribution in [0.3, 0.4) is 0 Å². The molecule has 1 spiro atoms. The van der Waals surface area contributed by atoms with E-state index in [4.69, 9.17) is 14.6 Å². The lowest BCUT2D eigenvalue weighted by Crippen LogP contribution is -2.55. The van der Waals surface area contributed by atoms with E-state index in [1.807, 2.05) is 37.4 Å². The molecular formula is C30H33N7O2. The van der Waals surface area contributed by atoms with Crippen molar-refractivity contribution in [3.05, 3.63) is 66.0 Å². The van der Waals surface area contributed by atoms with Gasteiger partial charge in [0.15, 0.2) is 0 Å². The second kappa shape index (κ2) is 9.47. The van der Waals surface area contributed by atoms with E-state index in [0.29, 0.717) is 34.3 Å². The van der Waals surface area contributed by atoms with Crippen LogP contribution < -0.4 is 4.74 Å². The van der Waals surface area contributed by atoms with Crippen LogP contribution in [0.15, 0.2) is 49.1 Å². The van der Waals surface area contributed by atoms with Gasteiger partial charge in [0, 0.05) is 29.7 Å². The van der Waals surface area contributed by atoms with Crippen molar-refractivity contribution < 1.29 is 9.47 Å². The Labute approximate surface area is 228 Å². The van der Waals surface area contributed by atoms with Crippen molar-refractivity contribution in [2.45, 2.75) is 57.7 Å². The van der Waals surface area contributed by atoms with E-state index in [9.17, 15) is 5.26 Å². The molecule has 0 radical (unpaired) electrons. The highest BCUT2D eigenvalue weighted by atomic mass is 16.5. The summed E-state index contributed by atoms with van der Waals surface area (Å²) in [5, 5.41) is 19.1. The minimum absolute atomic E-state index is 0.287. The van der Waals surface area contributed by atoms with E-state index in [0.717, 1.165) is 35.7 Å². The Kier molecular flexibility index (Phi) is 5.90. The summed E-state index contributed by atoms with van der Waals surface area (Å²) >= 11 is 0. The number of rotatable bonds is 6. The number of hydrogen-bond donors (Lipinski definition) is 0. The number of pyridine rings is 2. The van der Waals surface area contributed by atoms with Gasteiger partial charge in [-0.3, -0.25) is 14.6 Å². The number of nitriles is 1. The fourth-order valence-electron chi connectivity index (χ4n) is 6.56. The third kappa shape index (κ3) is 4.28. The molecule has 1 saturated carbocycles. The summed E-state index contributed by atoms with van der Waals surface area (Å²) < 4.78 is 15.7. The first-order chi connectivity index (χ1) is 19.0. The van der Waals surface area contributed by atoms with E-state index in [-0.39, 0.29) is 6.10 Å². The average Bonchev–Trinajstić information content (AvgIpc) is 3.50. The van der Waals surface area contributed by atoms with Gasteiger partial charge < -0.3 is 9.47 Å². The van der Waals surface area contributed by atoms with Crippen molar-refractivity contribution >= 4 is 5.52 Å². The van der Waals surface area contributed by atoms with Gasteiger partial charge in [-0.05, 0) is 76.2 Å². The van der Waals surface area contributed by atoms with Gasteiger partial charge in [-0.1, -0.05) is 6.07 Å². The molecule has 6 heterocycles. The Balaban J connectivity index is 1.13. The number of aryl methyl sites for hydroxylation is 1. The molecule has 1 atom stereocenters. The van der Waals surface area contributed by atoms with Gasteiger partial charge in [-0.2, -0.15) is 15.5 Å². The van der Waals surface area contributed by atoms with Crippen molar-refractivity contribution in [1.29, 1.82) is 5.26 Å². The zero-order valence-corrected chi connectivity index (χ0v) is 22.5. The van der Waals surface area contributed by atoms with E-state index in [1.165, 1.54) is 38.8 Å². The van der Waals surface area contributed by atoms with E-state index >= 15 is 0 Å². The number of nitrogens with zero attached hydrogens (tertiary/aromatic N) is 7. The topological polar surface area (TPSA) is 93.5 Å². The fourth-order valence-corrected chi connectivity index (χ4v) is 6.56. The van der Waals surface area contributed by atoms with Crippen LogP contribution in [0, 0.1) is 23.7 Å². The van der Waals surface area contributed by atoms with Gasteiger partial charge in [0.1, 0.15) is 29.0 Å². The highest BCUT2D eigenvalue weighted by molar-refractivity contribution is 5.76. The van der Waals surface area contributed by atoms with Gasteiger partial charge in [0.2, 0.25) is 0 Å². The maximum atomic E-state index is 9.70. The first-order valence-electron chi connectivity index (χ1n) is 13.9. The average molecular weight is 524 g/mol. The summed E-state index contributed by atoms with van der Waals surface area (Å²) in [5.74, 6) is 0.609. The van der Waals surface area contributed by atoms with Crippen LogP contribution in [0.4, 0.5) is 0 Å². The maximum absolute atomic E-state index is 9.70. The molecule has 0 bridgehead atoms. The highest BCUT2D eigenvalue weighted by Crippen LogP contribution is 2.55. The molecule has 7 rings (SSSR count). The van der Waals surface area contributed by atoms with Crippen molar-refractivity contribution in [2.24, 2.45) is 5.41 Å². The summed E-state index contributed by atoms with van der Waals surface area (Å²) in [6.07, 6.45) is 12.1. The molecule has 0 amide bonds. The molecule has 0 aromatic carbocycles. The molecule has 39 heavy (non-hydrogen) atoms. The second-order valence-electron chi connectivity index (χ2n) is 11.5. The van der Waals surface area contributed by atoms with Crippen LogP contribution in [-0.4, -0.2) is 61.6 Å². The van der Waals surface area contributed by atoms with Crippen molar-refractivity contribution in [3.63, 3.8) is 0 Å². The first-order valence-corrected chi connectivity index (χ1v) is 13.9. The monoisotopic (exact) mass is 523 g/mol. The number of fused-ring (bicyclic) bond motifs is 1. The summed E-state index contributed by atoms with van der Waals surface area (Å²) in [5.41, 5.74) is 5.44. The molecule has 9 heteroatoms. The molecule has 3 aliphatic rings. The van der Waals surface area contributed by atoms with Crippen LogP contribution in [-0.2, 0) is 4.74 Å².